The Morgan fingerprint density at radius 3 is 2.36 bits per heavy atom. The first kappa shape index (κ1) is 8.51. The quantitative estimate of drug-likeness (QED) is 0.575. The Bertz CT molecular complexity index is 154. The predicted molar refractivity (Wildman–Crippen MR) is 39.7 cm³/mol. The van der Waals surface area contributed by atoms with Gasteiger partial charge >= 0.3 is 0 Å². The number of hydrogen-bond donors (Lipinski definition) is 0. The number of nitrogens with zero attached hydrogens (tertiary/aromatic N) is 1. The summed E-state index contributed by atoms with van der Waals surface area (Å²) in [5.41, 5.74) is 0. The lowest BCUT2D eigenvalue weighted by Gasteiger charge is -2.31. The van der Waals surface area contributed by atoms with E-state index in [0.717, 1.165) is 6.42 Å². The van der Waals surface area contributed by atoms with Gasteiger partial charge in [-0.3, -0.25) is 0 Å². The van der Waals surface area contributed by atoms with E-state index in [-0.39, 0.29) is 18.5 Å². The molecule has 0 radical (unpaired) electrons. The van der Waals surface area contributed by atoms with Crippen LogP contribution in [0.3, 0.4) is 0 Å². The number of nitriles is 1. The van der Waals surface area contributed by atoms with E-state index in [0.29, 0.717) is 6.42 Å². The SMILES string of the molecule is CC1CC(C)OC(CC#N)O1. The first-order valence-corrected chi connectivity index (χ1v) is 3.90. The molecule has 0 aromatic rings. The fraction of sp³-hybridized carbons (Fsp3) is 0.875. The molecule has 11 heavy (non-hydrogen) atoms. The molecule has 1 fully saturated rings. The third-order valence-electron chi connectivity index (χ3n) is 1.69. The van der Waals surface area contributed by atoms with Gasteiger partial charge in [-0.2, -0.15) is 5.26 Å². The Kier molecular flexibility index (Phi) is 2.86. The molecule has 0 saturated carbocycles. The lowest BCUT2D eigenvalue weighted by molar-refractivity contribution is -0.231. The summed E-state index contributed by atoms with van der Waals surface area (Å²) in [4.78, 5) is 0. The second kappa shape index (κ2) is 3.70. The summed E-state index contributed by atoms with van der Waals surface area (Å²) in [7, 11) is 0. The molecular weight excluding hydrogens is 142 g/mol. The van der Waals surface area contributed by atoms with E-state index in [1.54, 1.807) is 0 Å². The molecular formula is C8H13NO2. The van der Waals surface area contributed by atoms with Gasteiger partial charge in [0.05, 0.1) is 24.7 Å². The molecule has 0 spiro atoms. The van der Waals surface area contributed by atoms with Gasteiger partial charge in [0.1, 0.15) is 0 Å². The summed E-state index contributed by atoms with van der Waals surface area (Å²) < 4.78 is 10.7. The van der Waals surface area contributed by atoms with Crippen LogP contribution in [-0.4, -0.2) is 18.5 Å². The van der Waals surface area contributed by atoms with Gasteiger partial charge in [0, 0.05) is 0 Å². The largest absolute Gasteiger partial charge is 0.349 e. The first-order chi connectivity index (χ1) is 5.22. The highest BCUT2D eigenvalue weighted by atomic mass is 16.7. The molecule has 0 bridgehead atoms. The topological polar surface area (TPSA) is 42.2 Å². The number of ether oxygens (including phenoxy) is 2. The molecule has 1 rings (SSSR count). The van der Waals surface area contributed by atoms with Crippen molar-refractivity contribution >= 4 is 0 Å². The zero-order valence-electron chi connectivity index (χ0n) is 6.91. The average Bonchev–Trinajstić information content (AvgIpc) is 1.85. The fourth-order valence-corrected chi connectivity index (χ4v) is 1.30. The van der Waals surface area contributed by atoms with Crippen LogP contribution in [0.5, 0.6) is 0 Å². The van der Waals surface area contributed by atoms with Crippen molar-refractivity contribution in [1.82, 2.24) is 0 Å². The smallest absolute Gasteiger partial charge is 0.171 e. The Balaban J connectivity index is 2.38. The lowest BCUT2D eigenvalue weighted by Crippen LogP contribution is -2.35. The molecule has 1 aliphatic rings. The van der Waals surface area contributed by atoms with Gasteiger partial charge in [0.25, 0.3) is 0 Å². The monoisotopic (exact) mass is 155 g/mol. The minimum atomic E-state index is -0.307. The van der Waals surface area contributed by atoms with Gasteiger partial charge in [-0.15, -0.1) is 0 Å². The Morgan fingerprint density at radius 1 is 1.36 bits per heavy atom. The maximum Gasteiger partial charge on any atom is 0.171 e. The van der Waals surface area contributed by atoms with E-state index >= 15 is 0 Å². The third kappa shape index (κ3) is 2.49. The highest BCUT2D eigenvalue weighted by Crippen LogP contribution is 2.19. The molecule has 1 saturated heterocycles. The summed E-state index contributed by atoms with van der Waals surface area (Å²) >= 11 is 0. The highest BCUT2D eigenvalue weighted by molar-refractivity contribution is 4.75. The van der Waals surface area contributed by atoms with E-state index in [4.69, 9.17) is 14.7 Å². The molecule has 2 unspecified atom stereocenters. The molecule has 0 aliphatic carbocycles. The van der Waals surface area contributed by atoms with Gasteiger partial charge < -0.3 is 9.47 Å². The van der Waals surface area contributed by atoms with Gasteiger partial charge in [-0.25, -0.2) is 0 Å². The zero-order valence-corrected chi connectivity index (χ0v) is 6.91. The summed E-state index contributed by atoms with van der Waals surface area (Å²) in [5, 5.41) is 8.38. The van der Waals surface area contributed by atoms with Crippen molar-refractivity contribution < 1.29 is 9.47 Å². The number of hydrogen-bond acceptors (Lipinski definition) is 3. The van der Waals surface area contributed by atoms with Crippen LogP contribution in [0.15, 0.2) is 0 Å². The van der Waals surface area contributed by atoms with Crippen molar-refractivity contribution in [3.63, 3.8) is 0 Å². The van der Waals surface area contributed by atoms with Crippen LogP contribution in [-0.2, 0) is 9.47 Å². The summed E-state index contributed by atoms with van der Waals surface area (Å²) in [6, 6.07) is 2.03. The third-order valence-corrected chi connectivity index (χ3v) is 1.69. The van der Waals surface area contributed by atoms with Crippen LogP contribution < -0.4 is 0 Å². The van der Waals surface area contributed by atoms with E-state index in [1.165, 1.54) is 0 Å². The van der Waals surface area contributed by atoms with Gasteiger partial charge in [0.15, 0.2) is 6.29 Å². The van der Waals surface area contributed by atoms with Crippen molar-refractivity contribution in [2.75, 3.05) is 0 Å². The maximum absolute atomic E-state index is 8.38. The molecule has 2 atom stereocenters. The standard InChI is InChI=1S/C8H13NO2/c1-6-5-7(2)11-8(10-6)3-4-9/h6-8H,3,5H2,1-2H3. The van der Waals surface area contributed by atoms with E-state index in [9.17, 15) is 0 Å². The minimum absolute atomic E-state index is 0.220. The first-order valence-electron chi connectivity index (χ1n) is 3.90. The molecule has 3 heteroatoms. The van der Waals surface area contributed by atoms with Crippen molar-refractivity contribution in [3.05, 3.63) is 0 Å². The highest BCUT2D eigenvalue weighted by Gasteiger charge is 2.24. The van der Waals surface area contributed by atoms with Crippen LogP contribution in [0.25, 0.3) is 0 Å². The van der Waals surface area contributed by atoms with Gasteiger partial charge in [-0.05, 0) is 20.3 Å². The van der Waals surface area contributed by atoms with Crippen LogP contribution in [0, 0.1) is 11.3 Å². The van der Waals surface area contributed by atoms with Gasteiger partial charge in [0.2, 0.25) is 0 Å². The average molecular weight is 155 g/mol. The summed E-state index contributed by atoms with van der Waals surface area (Å²) in [6.07, 6.45) is 1.38. The van der Waals surface area contributed by atoms with Crippen molar-refractivity contribution in [2.24, 2.45) is 0 Å². The molecule has 62 valence electrons. The molecule has 1 heterocycles. The second-order valence-electron chi connectivity index (χ2n) is 2.92. The minimum Gasteiger partial charge on any atom is -0.349 e. The van der Waals surface area contributed by atoms with Gasteiger partial charge in [-0.1, -0.05) is 0 Å². The predicted octanol–water partition coefficient (Wildman–Crippen LogP) is 1.44. The zero-order chi connectivity index (χ0) is 8.27. The Morgan fingerprint density at radius 2 is 1.91 bits per heavy atom. The molecule has 0 aromatic heterocycles. The fourth-order valence-electron chi connectivity index (χ4n) is 1.30. The lowest BCUT2D eigenvalue weighted by atomic mass is 10.2. The van der Waals surface area contributed by atoms with Crippen LogP contribution >= 0.6 is 0 Å². The Hall–Kier alpha value is -0.590. The second-order valence-corrected chi connectivity index (χ2v) is 2.92. The molecule has 0 aromatic carbocycles. The Labute approximate surface area is 66.9 Å². The van der Waals surface area contributed by atoms with Crippen molar-refractivity contribution in [3.8, 4) is 6.07 Å². The molecule has 3 nitrogen and oxygen atoms in total. The molecule has 0 amide bonds. The van der Waals surface area contributed by atoms with Crippen LogP contribution in [0.2, 0.25) is 0 Å². The van der Waals surface area contributed by atoms with E-state index < -0.39 is 0 Å². The molecule has 1 aliphatic heterocycles. The van der Waals surface area contributed by atoms with E-state index in [1.807, 2.05) is 19.9 Å². The molecule has 0 N–H and O–H groups in total. The summed E-state index contributed by atoms with van der Waals surface area (Å²) in [6.45, 7) is 4.01. The van der Waals surface area contributed by atoms with Crippen molar-refractivity contribution in [1.29, 1.82) is 5.26 Å². The van der Waals surface area contributed by atoms with Crippen LogP contribution in [0.4, 0.5) is 0 Å². The van der Waals surface area contributed by atoms with E-state index in [2.05, 4.69) is 0 Å². The van der Waals surface area contributed by atoms with Crippen LogP contribution in [0.1, 0.15) is 26.7 Å². The normalized spacial score (nSPS) is 38.1. The van der Waals surface area contributed by atoms with Crippen molar-refractivity contribution in [2.45, 2.75) is 45.2 Å². The maximum atomic E-state index is 8.38. The number of rotatable bonds is 1. The summed E-state index contributed by atoms with van der Waals surface area (Å²) in [5.74, 6) is 0.